The molecule has 0 spiro atoms. The summed E-state index contributed by atoms with van der Waals surface area (Å²) in [6.45, 7) is 6.69. The van der Waals surface area contributed by atoms with Gasteiger partial charge in [0.2, 0.25) is 5.95 Å². The summed E-state index contributed by atoms with van der Waals surface area (Å²) in [7, 11) is 0. The molecule has 1 aromatic heterocycles. The highest BCUT2D eigenvalue weighted by Gasteiger charge is 2.39. The standard InChI is InChI=1S/C22H28F3N5/c1-15-10-13-30(16(15)2)20-19(22(23,24)25)14-26-21(28-20)27-17-6-8-18(9-7-17)29-11-4-3-5-12-29/h6-9,14-16H,3-5,10-13H2,1-2H3,(H,26,27,28). The van der Waals surface area contributed by atoms with Gasteiger partial charge in [0.05, 0.1) is 0 Å². The van der Waals surface area contributed by atoms with Crippen molar-refractivity contribution in [2.45, 2.75) is 51.7 Å². The molecule has 4 rings (SSSR count). The number of benzene rings is 1. The van der Waals surface area contributed by atoms with E-state index in [9.17, 15) is 13.2 Å². The Kier molecular flexibility index (Phi) is 5.75. The minimum Gasteiger partial charge on any atom is -0.372 e. The van der Waals surface area contributed by atoms with E-state index in [0.717, 1.165) is 37.1 Å². The van der Waals surface area contributed by atoms with Gasteiger partial charge in [0, 0.05) is 43.2 Å². The first-order valence-electron chi connectivity index (χ1n) is 10.7. The van der Waals surface area contributed by atoms with Gasteiger partial charge in [-0.3, -0.25) is 0 Å². The van der Waals surface area contributed by atoms with Gasteiger partial charge in [-0.05, 0) is 62.8 Å². The van der Waals surface area contributed by atoms with Crippen LogP contribution in [0.3, 0.4) is 0 Å². The largest absolute Gasteiger partial charge is 0.421 e. The Balaban J connectivity index is 1.56. The van der Waals surface area contributed by atoms with Crippen LogP contribution < -0.4 is 15.1 Å². The van der Waals surface area contributed by atoms with Crippen molar-refractivity contribution in [1.82, 2.24) is 9.97 Å². The highest BCUT2D eigenvalue weighted by molar-refractivity contribution is 5.61. The lowest BCUT2D eigenvalue weighted by atomic mass is 10.1. The van der Waals surface area contributed by atoms with Crippen molar-refractivity contribution in [1.29, 1.82) is 0 Å². The average Bonchev–Trinajstić information content (AvgIpc) is 3.07. The van der Waals surface area contributed by atoms with Crippen LogP contribution in [0.4, 0.5) is 36.3 Å². The fourth-order valence-corrected chi connectivity index (χ4v) is 4.28. The highest BCUT2D eigenvalue weighted by Crippen LogP contribution is 2.39. The van der Waals surface area contributed by atoms with Gasteiger partial charge in [0.1, 0.15) is 11.4 Å². The van der Waals surface area contributed by atoms with Crippen molar-refractivity contribution < 1.29 is 13.2 Å². The SMILES string of the molecule is CC1CCN(c2nc(Nc3ccc(N4CCCCC4)cc3)ncc2C(F)(F)F)C1C. The number of halogens is 3. The third-order valence-electron chi connectivity index (χ3n) is 6.33. The molecule has 2 aromatic rings. The van der Waals surface area contributed by atoms with E-state index in [-0.39, 0.29) is 17.8 Å². The molecule has 5 nitrogen and oxygen atoms in total. The molecule has 30 heavy (non-hydrogen) atoms. The Morgan fingerprint density at radius 2 is 1.70 bits per heavy atom. The number of rotatable bonds is 4. The second-order valence-corrected chi connectivity index (χ2v) is 8.35. The van der Waals surface area contributed by atoms with Gasteiger partial charge in [-0.2, -0.15) is 18.2 Å². The van der Waals surface area contributed by atoms with Crippen molar-refractivity contribution in [3.63, 3.8) is 0 Å². The molecule has 2 aliphatic rings. The molecular formula is C22H28F3N5. The molecule has 2 saturated heterocycles. The summed E-state index contributed by atoms with van der Waals surface area (Å²) in [5.74, 6) is 0.456. The van der Waals surface area contributed by atoms with E-state index in [1.54, 1.807) is 4.90 Å². The van der Waals surface area contributed by atoms with Crippen molar-refractivity contribution >= 4 is 23.1 Å². The Morgan fingerprint density at radius 1 is 1.00 bits per heavy atom. The van der Waals surface area contributed by atoms with E-state index in [1.165, 1.54) is 19.3 Å². The van der Waals surface area contributed by atoms with Crippen LogP contribution in [0.5, 0.6) is 0 Å². The molecular weight excluding hydrogens is 391 g/mol. The first-order chi connectivity index (χ1) is 14.3. The lowest BCUT2D eigenvalue weighted by molar-refractivity contribution is -0.137. The molecule has 2 fully saturated rings. The molecule has 2 atom stereocenters. The number of nitrogens with one attached hydrogen (secondary N) is 1. The van der Waals surface area contributed by atoms with E-state index in [4.69, 9.17) is 0 Å². The van der Waals surface area contributed by atoms with Gasteiger partial charge in [-0.1, -0.05) is 6.92 Å². The Bertz CT molecular complexity index is 862. The number of piperidine rings is 1. The maximum Gasteiger partial charge on any atom is 0.421 e. The number of aromatic nitrogens is 2. The highest BCUT2D eigenvalue weighted by atomic mass is 19.4. The van der Waals surface area contributed by atoms with Gasteiger partial charge < -0.3 is 15.1 Å². The fourth-order valence-electron chi connectivity index (χ4n) is 4.28. The summed E-state index contributed by atoms with van der Waals surface area (Å²) in [6, 6.07) is 7.90. The Labute approximate surface area is 175 Å². The molecule has 1 N–H and O–H groups in total. The maximum atomic E-state index is 13.6. The van der Waals surface area contributed by atoms with E-state index < -0.39 is 11.7 Å². The number of hydrogen-bond donors (Lipinski definition) is 1. The minimum atomic E-state index is -4.49. The van der Waals surface area contributed by atoms with Crippen molar-refractivity contribution in [2.24, 2.45) is 5.92 Å². The molecule has 0 aliphatic carbocycles. The summed E-state index contributed by atoms with van der Waals surface area (Å²) in [6.07, 6.45) is 0.935. The third-order valence-corrected chi connectivity index (χ3v) is 6.33. The van der Waals surface area contributed by atoms with E-state index in [0.29, 0.717) is 12.5 Å². The van der Waals surface area contributed by atoms with Crippen LogP contribution in [0.2, 0.25) is 0 Å². The van der Waals surface area contributed by atoms with Gasteiger partial charge in [-0.15, -0.1) is 0 Å². The van der Waals surface area contributed by atoms with Crippen molar-refractivity contribution in [3.8, 4) is 0 Å². The zero-order valence-corrected chi connectivity index (χ0v) is 17.4. The Hall–Kier alpha value is -2.51. The molecule has 2 aliphatic heterocycles. The van der Waals surface area contributed by atoms with Gasteiger partial charge in [0.25, 0.3) is 0 Å². The number of alkyl halides is 3. The maximum absolute atomic E-state index is 13.6. The normalized spacial score (nSPS) is 22.4. The van der Waals surface area contributed by atoms with E-state index >= 15 is 0 Å². The monoisotopic (exact) mass is 419 g/mol. The molecule has 162 valence electrons. The van der Waals surface area contributed by atoms with Crippen molar-refractivity contribution in [3.05, 3.63) is 36.0 Å². The topological polar surface area (TPSA) is 44.3 Å². The molecule has 1 aromatic carbocycles. The molecule has 8 heteroatoms. The molecule has 0 amide bonds. The van der Waals surface area contributed by atoms with Crippen LogP contribution in [-0.2, 0) is 6.18 Å². The van der Waals surface area contributed by atoms with Crippen LogP contribution in [0.1, 0.15) is 45.1 Å². The molecule has 0 saturated carbocycles. The molecule has 3 heterocycles. The number of nitrogens with zero attached hydrogens (tertiary/aromatic N) is 4. The summed E-state index contributed by atoms with van der Waals surface area (Å²) in [5, 5.41) is 3.07. The predicted molar refractivity (Wildman–Crippen MR) is 113 cm³/mol. The van der Waals surface area contributed by atoms with Gasteiger partial charge >= 0.3 is 6.18 Å². The lowest BCUT2D eigenvalue weighted by Crippen LogP contribution is -2.32. The van der Waals surface area contributed by atoms with Crippen LogP contribution in [-0.4, -0.2) is 35.6 Å². The zero-order valence-electron chi connectivity index (χ0n) is 17.4. The first kappa shape index (κ1) is 20.8. The smallest absolute Gasteiger partial charge is 0.372 e. The summed E-state index contributed by atoms with van der Waals surface area (Å²) >= 11 is 0. The fraction of sp³-hybridized carbons (Fsp3) is 0.545. The average molecular weight is 419 g/mol. The van der Waals surface area contributed by atoms with Crippen LogP contribution in [0.15, 0.2) is 30.5 Å². The minimum absolute atomic E-state index is 0.00215. The number of hydrogen-bond acceptors (Lipinski definition) is 5. The molecule has 0 radical (unpaired) electrons. The predicted octanol–water partition coefficient (Wildman–Crippen LogP) is 5.46. The quantitative estimate of drug-likeness (QED) is 0.713. The second-order valence-electron chi connectivity index (χ2n) is 8.35. The molecule has 2 unspecified atom stereocenters. The third kappa shape index (κ3) is 4.32. The van der Waals surface area contributed by atoms with Crippen LogP contribution in [0, 0.1) is 5.92 Å². The summed E-state index contributed by atoms with van der Waals surface area (Å²) in [4.78, 5) is 12.3. The number of anilines is 4. The molecule has 0 bridgehead atoms. The van der Waals surface area contributed by atoms with Crippen molar-refractivity contribution in [2.75, 3.05) is 34.8 Å². The van der Waals surface area contributed by atoms with E-state index in [1.807, 2.05) is 31.2 Å². The zero-order chi connectivity index (χ0) is 21.3. The van der Waals surface area contributed by atoms with E-state index in [2.05, 4.69) is 27.1 Å². The summed E-state index contributed by atoms with van der Waals surface area (Å²) < 4.78 is 40.7. The van der Waals surface area contributed by atoms with Crippen LogP contribution >= 0.6 is 0 Å². The second kappa shape index (κ2) is 8.32. The summed E-state index contributed by atoms with van der Waals surface area (Å²) in [5.41, 5.74) is 1.13. The lowest BCUT2D eigenvalue weighted by Gasteiger charge is -2.29. The van der Waals surface area contributed by atoms with Crippen LogP contribution in [0.25, 0.3) is 0 Å². The van der Waals surface area contributed by atoms with Gasteiger partial charge in [-0.25, -0.2) is 4.98 Å². The first-order valence-corrected chi connectivity index (χ1v) is 10.7. The van der Waals surface area contributed by atoms with Gasteiger partial charge in [0.15, 0.2) is 0 Å². The Morgan fingerprint density at radius 3 is 2.30 bits per heavy atom.